The van der Waals surface area contributed by atoms with Gasteiger partial charge in [-0.05, 0) is 56.7 Å². The molecule has 0 fully saturated rings. The van der Waals surface area contributed by atoms with Gasteiger partial charge in [0.25, 0.3) is 10.0 Å². The maximum absolute atomic E-state index is 12.5. The zero-order chi connectivity index (χ0) is 24.2. The van der Waals surface area contributed by atoms with E-state index in [9.17, 15) is 13.2 Å². The molecule has 1 heterocycles. The molecule has 2 aromatic carbocycles. The number of hydrogen-bond donors (Lipinski definition) is 1. The van der Waals surface area contributed by atoms with Crippen LogP contribution in [-0.4, -0.2) is 57.7 Å². The average molecular weight is 473 g/mol. The van der Waals surface area contributed by atoms with Crippen LogP contribution in [0.15, 0.2) is 56.9 Å². The molecule has 3 rings (SSSR count). The lowest BCUT2D eigenvalue weighted by atomic mass is 10.1. The maximum atomic E-state index is 12.5. The summed E-state index contributed by atoms with van der Waals surface area (Å²) in [5, 5.41) is 8.81. The minimum atomic E-state index is -3.83. The highest BCUT2D eigenvalue weighted by atomic mass is 32.2. The summed E-state index contributed by atoms with van der Waals surface area (Å²) in [4.78, 5) is 12.5. The number of ether oxygens (including phenoxy) is 2. The lowest BCUT2D eigenvalue weighted by Crippen LogP contribution is -2.42. The van der Waals surface area contributed by atoms with Crippen LogP contribution < -0.4 is 14.8 Å². The largest absolute Gasteiger partial charge is 0.493 e. The third-order valence-electron chi connectivity index (χ3n) is 4.68. The number of sulfonamides is 1. The van der Waals surface area contributed by atoms with E-state index in [0.29, 0.717) is 22.6 Å². The smallest absolute Gasteiger partial charge is 0.285 e. The van der Waals surface area contributed by atoms with Crippen molar-refractivity contribution in [1.82, 2.24) is 10.3 Å². The summed E-state index contributed by atoms with van der Waals surface area (Å²) in [5.74, 6) is 1.10. The van der Waals surface area contributed by atoms with Crippen molar-refractivity contribution in [1.29, 1.82) is 0 Å². The number of rotatable bonds is 7. The predicted molar refractivity (Wildman–Crippen MR) is 127 cm³/mol. The Morgan fingerprint density at radius 1 is 1.12 bits per heavy atom. The van der Waals surface area contributed by atoms with Crippen molar-refractivity contribution in [3.63, 3.8) is 0 Å². The summed E-state index contributed by atoms with van der Waals surface area (Å²) < 4.78 is 39.6. The van der Waals surface area contributed by atoms with Gasteiger partial charge in [-0.15, -0.1) is 4.40 Å². The Balaban J connectivity index is 1.93. The van der Waals surface area contributed by atoms with E-state index < -0.39 is 10.0 Å². The SMILES string of the molecule is COc1ccc(/C=N\N(CCC(=O)NC(C)(C)C)C2=NS(=O)(=O)c3ccccc32)cc1OC. The molecule has 1 aliphatic heterocycles. The second-order valence-corrected chi connectivity index (χ2v) is 9.99. The van der Waals surface area contributed by atoms with Gasteiger partial charge in [0.05, 0.1) is 27.0 Å². The van der Waals surface area contributed by atoms with Crippen molar-refractivity contribution in [3.05, 3.63) is 53.6 Å². The minimum absolute atomic E-state index is 0.0990. The van der Waals surface area contributed by atoms with E-state index in [-0.39, 0.29) is 35.1 Å². The lowest BCUT2D eigenvalue weighted by molar-refractivity contribution is -0.122. The predicted octanol–water partition coefficient (Wildman–Crippen LogP) is 2.79. The Bertz CT molecular complexity index is 1200. The number of hydrogen-bond acceptors (Lipinski definition) is 7. The van der Waals surface area contributed by atoms with Crippen molar-refractivity contribution in [2.75, 3.05) is 20.8 Å². The first kappa shape index (κ1) is 24.2. The highest BCUT2D eigenvalue weighted by Crippen LogP contribution is 2.29. The lowest BCUT2D eigenvalue weighted by Gasteiger charge is -2.22. The van der Waals surface area contributed by atoms with Crippen LogP contribution in [0.3, 0.4) is 0 Å². The summed E-state index contributed by atoms with van der Waals surface area (Å²) in [7, 11) is -0.751. The van der Waals surface area contributed by atoms with Gasteiger partial charge in [0.2, 0.25) is 5.91 Å². The van der Waals surface area contributed by atoms with Gasteiger partial charge in [0.15, 0.2) is 17.3 Å². The molecular formula is C23H28N4O5S. The Hall–Kier alpha value is -3.40. The first-order valence-corrected chi connectivity index (χ1v) is 11.8. The number of benzene rings is 2. The summed E-state index contributed by atoms with van der Waals surface area (Å²) in [6, 6.07) is 11.8. The van der Waals surface area contributed by atoms with Crippen molar-refractivity contribution >= 4 is 28.0 Å². The second kappa shape index (κ2) is 9.62. The molecule has 9 nitrogen and oxygen atoms in total. The molecule has 0 unspecified atom stereocenters. The molecule has 0 radical (unpaired) electrons. The van der Waals surface area contributed by atoms with E-state index in [1.165, 1.54) is 18.2 Å². The molecule has 0 spiro atoms. The van der Waals surface area contributed by atoms with Crippen LogP contribution >= 0.6 is 0 Å². The molecule has 10 heteroatoms. The van der Waals surface area contributed by atoms with E-state index in [0.717, 1.165) is 0 Å². The topological polar surface area (TPSA) is 110 Å². The number of methoxy groups -OCH3 is 2. The molecule has 1 N–H and O–H groups in total. The van der Waals surface area contributed by atoms with Crippen LogP contribution in [0.1, 0.15) is 38.3 Å². The van der Waals surface area contributed by atoms with Crippen LogP contribution in [0.2, 0.25) is 0 Å². The first-order valence-electron chi connectivity index (χ1n) is 10.3. The molecule has 0 atom stereocenters. The third-order valence-corrected chi connectivity index (χ3v) is 6.00. The highest BCUT2D eigenvalue weighted by molar-refractivity contribution is 7.90. The standard InChI is InChI=1S/C23H28N4O5S/c1-23(2,3)25-21(28)12-13-27(22-17-8-6-7-9-20(17)33(29,30)26-22)24-15-16-10-11-18(31-4)19(14-16)32-5/h6-11,14-15H,12-13H2,1-5H3,(H,25,28)/b24-15-. The quantitative estimate of drug-likeness (QED) is 0.490. The zero-order valence-electron chi connectivity index (χ0n) is 19.3. The third kappa shape index (κ3) is 5.89. The number of carbonyl (C=O) groups is 1. The molecule has 0 saturated carbocycles. The molecule has 2 aromatic rings. The van der Waals surface area contributed by atoms with Gasteiger partial charge in [-0.2, -0.15) is 13.5 Å². The van der Waals surface area contributed by atoms with Crippen LogP contribution in [-0.2, 0) is 14.8 Å². The van der Waals surface area contributed by atoms with Gasteiger partial charge < -0.3 is 14.8 Å². The number of hydrazone groups is 1. The van der Waals surface area contributed by atoms with Crippen molar-refractivity contribution < 1.29 is 22.7 Å². The van der Waals surface area contributed by atoms with E-state index in [2.05, 4.69) is 14.8 Å². The molecule has 0 aromatic heterocycles. The van der Waals surface area contributed by atoms with E-state index >= 15 is 0 Å². The van der Waals surface area contributed by atoms with Crippen LogP contribution in [0.5, 0.6) is 11.5 Å². The number of amides is 1. The highest BCUT2D eigenvalue weighted by Gasteiger charge is 2.32. The van der Waals surface area contributed by atoms with E-state index in [1.807, 2.05) is 20.8 Å². The molecule has 176 valence electrons. The molecule has 0 bridgehead atoms. The first-order chi connectivity index (χ1) is 15.5. The van der Waals surface area contributed by atoms with Gasteiger partial charge in [-0.3, -0.25) is 4.79 Å². The zero-order valence-corrected chi connectivity index (χ0v) is 20.1. The fourth-order valence-electron chi connectivity index (χ4n) is 3.25. The Kier molecular flexibility index (Phi) is 7.06. The molecule has 1 aliphatic rings. The second-order valence-electron chi connectivity index (χ2n) is 8.42. The number of fused-ring (bicyclic) bond motifs is 1. The number of amidine groups is 1. The Labute approximate surface area is 194 Å². The van der Waals surface area contributed by atoms with Gasteiger partial charge >= 0.3 is 0 Å². The summed E-state index contributed by atoms with van der Waals surface area (Å²) in [6.45, 7) is 5.81. The van der Waals surface area contributed by atoms with E-state index in [1.54, 1.807) is 49.7 Å². The van der Waals surface area contributed by atoms with Gasteiger partial charge in [0, 0.05) is 17.5 Å². The molecule has 0 saturated heterocycles. The molecule has 33 heavy (non-hydrogen) atoms. The van der Waals surface area contributed by atoms with Crippen molar-refractivity contribution in [2.24, 2.45) is 9.50 Å². The monoisotopic (exact) mass is 472 g/mol. The summed E-state index contributed by atoms with van der Waals surface area (Å²) >= 11 is 0. The van der Waals surface area contributed by atoms with E-state index in [4.69, 9.17) is 9.47 Å². The van der Waals surface area contributed by atoms with Crippen LogP contribution in [0.4, 0.5) is 0 Å². The van der Waals surface area contributed by atoms with Gasteiger partial charge in [0.1, 0.15) is 4.90 Å². The summed E-state index contributed by atoms with van der Waals surface area (Å²) in [5.41, 5.74) is 0.760. The molecule has 1 amide bonds. The van der Waals surface area contributed by atoms with Gasteiger partial charge in [-0.1, -0.05) is 12.1 Å². The number of nitrogens with one attached hydrogen (secondary N) is 1. The van der Waals surface area contributed by atoms with Crippen LogP contribution in [0.25, 0.3) is 0 Å². The fourth-order valence-corrected chi connectivity index (χ4v) is 4.46. The van der Waals surface area contributed by atoms with Crippen molar-refractivity contribution in [2.45, 2.75) is 37.6 Å². The Morgan fingerprint density at radius 3 is 2.48 bits per heavy atom. The maximum Gasteiger partial charge on any atom is 0.285 e. The summed E-state index contributed by atoms with van der Waals surface area (Å²) in [6.07, 6.45) is 1.65. The number of carbonyl (C=O) groups excluding carboxylic acids is 1. The minimum Gasteiger partial charge on any atom is -0.493 e. The number of nitrogens with zero attached hydrogens (tertiary/aromatic N) is 3. The van der Waals surface area contributed by atoms with Gasteiger partial charge in [-0.25, -0.2) is 5.01 Å². The normalized spacial score (nSPS) is 14.5. The van der Waals surface area contributed by atoms with Crippen molar-refractivity contribution in [3.8, 4) is 11.5 Å². The fraction of sp³-hybridized carbons (Fsp3) is 0.348. The Morgan fingerprint density at radius 2 is 1.82 bits per heavy atom. The average Bonchev–Trinajstić information content (AvgIpc) is 3.03. The molecular weight excluding hydrogens is 444 g/mol. The molecule has 0 aliphatic carbocycles. The van der Waals surface area contributed by atoms with Crippen LogP contribution in [0, 0.1) is 0 Å².